The standard InChI is InChI=1S/C19H17Cl2NO5/c1-22(10-12-2-5-16-17(8-12)26-7-6-25-16)18(23)11-27-19(24)13-3-4-14(20)15(21)9-13/h2-5,8-9H,6-7,10-11H2,1H3. The molecule has 0 fully saturated rings. The van der Waals surface area contributed by atoms with E-state index in [1.807, 2.05) is 18.2 Å². The Morgan fingerprint density at radius 1 is 1.04 bits per heavy atom. The normalized spacial score (nSPS) is 12.4. The summed E-state index contributed by atoms with van der Waals surface area (Å²) in [6.45, 7) is 0.991. The number of esters is 1. The van der Waals surface area contributed by atoms with Crippen molar-refractivity contribution in [3.8, 4) is 11.5 Å². The molecule has 1 aliphatic heterocycles. The second-order valence-corrected chi connectivity index (χ2v) is 6.75. The third-order valence-electron chi connectivity index (χ3n) is 3.93. The SMILES string of the molecule is CN(Cc1ccc2c(c1)OCCO2)C(=O)COC(=O)c1ccc(Cl)c(Cl)c1. The van der Waals surface area contributed by atoms with Crippen molar-refractivity contribution in [3.05, 3.63) is 57.6 Å². The Labute approximate surface area is 166 Å². The van der Waals surface area contributed by atoms with Crippen LogP contribution in [-0.4, -0.2) is 43.6 Å². The number of ether oxygens (including phenoxy) is 3. The molecule has 0 atom stereocenters. The van der Waals surface area contributed by atoms with E-state index >= 15 is 0 Å². The molecule has 6 nitrogen and oxygen atoms in total. The lowest BCUT2D eigenvalue weighted by atomic mass is 10.2. The van der Waals surface area contributed by atoms with Crippen molar-refractivity contribution < 1.29 is 23.8 Å². The van der Waals surface area contributed by atoms with Gasteiger partial charge < -0.3 is 19.1 Å². The van der Waals surface area contributed by atoms with Gasteiger partial charge in [-0.3, -0.25) is 4.79 Å². The molecule has 1 aliphatic rings. The number of carbonyl (C=O) groups is 2. The van der Waals surface area contributed by atoms with Crippen molar-refractivity contribution in [3.63, 3.8) is 0 Å². The van der Waals surface area contributed by atoms with Crippen LogP contribution in [0.2, 0.25) is 10.0 Å². The van der Waals surface area contributed by atoms with Crippen molar-refractivity contribution in [2.24, 2.45) is 0 Å². The molecule has 0 spiro atoms. The van der Waals surface area contributed by atoms with Crippen LogP contribution in [0.5, 0.6) is 11.5 Å². The minimum Gasteiger partial charge on any atom is -0.486 e. The number of fused-ring (bicyclic) bond motifs is 1. The van der Waals surface area contributed by atoms with Crippen molar-refractivity contribution in [1.82, 2.24) is 4.90 Å². The zero-order valence-electron chi connectivity index (χ0n) is 14.5. The first kappa shape index (κ1) is 19.3. The topological polar surface area (TPSA) is 65.1 Å². The van der Waals surface area contributed by atoms with E-state index in [0.29, 0.717) is 36.3 Å². The molecule has 0 N–H and O–H groups in total. The van der Waals surface area contributed by atoms with Gasteiger partial charge in [0.15, 0.2) is 18.1 Å². The number of nitrogens with zero attached hydrogens (tertiary/aromatic N) is 1. The third kappa shape index (κ3) is 4.84. The second-order valence-electron chi connectivity index (χ2n) is 5.93. The number of halogens is 2. The molecule has 1 heterocycles. The van der Waals surface area contributed by atoms with Crippen molar-refractivity contribution in [1.29, 1.82) is 0 Å². The molecule has 0 aliphatic carbocycles. The molecule has 0 radical (unpaired) electrons. The molecule has 2 aromatic rings. The van der Waals surface area contributed by atoms with Crippen LogP contribution in [0.25, 0.3) is 0 Å². The minimum atomic E-state index is -0.644. The largest absolute Gasteiger partial charge is 0.486 e. The first-order valence-electron chi connectivity index (χ1n) is 8.18. The monoisotopic (exact) mass is 409 g/mol. The smallest absolute Gasteiger partial charge is 0.338 e. The van der Waals surface area contributed by atoms with Crippen LogP contribution in [0.15, 0.2) is 36.4 Å². The maximum atomic E-state index is 12.2. The second kappa shape index (κ2) is 8.50. The quantitative estimate of drug-likeness (QED) is 0.706. The molecule has 1 amide bonds. The van der Waals surface area contributed by atoms with Crippen molar-refractivity contribution >= 4 is 35.1 Å². The van der Waals surface area contributed by atoms with Gasteiger partial charge in [-0.15, -0.1) is 0 Å². The van der Waals surface area contributed by atoms with E-state index in [9.17, 15) is 9.59 Å². The number of hydrogen-bond acceptors (Lipinski definition) is 5. The van der Waals surface area contributed by atoms with E-state index in [4.69, 9.17) is 37.4 Å². The van der Waals surface area contributed by atoms with Crippen molar-refractivity contribution in [2.75, 3.05) is 26.9 Å². The Morgan fingerprint density at radius 3 is 2.52 bits per heavy atom. The molecule has 2 aromatic carbocycles. The zero-order chi connectivity index (χ0) is 19.4. The Morgan fingerprint density at radius 2 is 1.78 bits per heavy atom. The van der Waals surface area contributed by atoms with E-state index < -0.39 is 5.97 Å². The van der Waals surface area contributed by atoms with E-state index in [1.165, 1.54) is 23.1 Å². The third-order valence-corrected chi connectivity index (χ3v) is 4.67. The highest BCUT2D eigenvalue weighted by Gasteiger charge is 2.17. The van der Waals surface area contributed by atoms with Gasteiger partial charge in [0.2, 0.25) is 0 Å². The lowest BCUT2D eigenvalue weighted by Gasteiger charge is -2.21. The molecule has 0 bridgehead atoms. The molecule has 8 heteroatoms. The summed E-state index contributed by atoms with van der Waals surface area (Å²) in [5, 5.41) is 0.580. The van der Waals surface area contributed by atoms with E-state index in [2.05, 4.69) is 0 Å². The Hall–Kier alpha value is -2.44. The lowest BCUT2D eigenvalue weighted by molar-refractivity contribution is -0.133. The molecule has 142 valence electrons. The first-order valence-corrected chi connectivity index (χ1v) is 8.94. The predicted molar refractivity (Wildman–Crippen MR) is 101 cm³/mol. The number of benzene rings is 2. The highest BCUT2D eigenvalue weighted by Crippen LogP contribution is 2.31. The number of carbonyl (C=O) groups excluding carboxylic acids is 2. The fourth-order valence-corrected chi connectivity index (χ4v) is 2.79. The van der Waals surface area contributed by atoms with E-state index in [1.54, 1.807) is 7.05 Å². The summed E-state index contributed by atoms with van der Waals surface area (Å²) < 4.78 is 16.1. The van der Waals surface area contributed by atoms with Crippen LogP contribution >= 0.6 is 23.2 Å². The van der Waals surface area contributed by atoms with Crippen LogP contribution in [0.1, 0.15) is 15.9 Å². The molecular formula is C19H17Cl2NO5. The van der Waals surface area contributed by atoms with Gasteiger partial charge in [0.1, 0.15) is 13.2 Å². The van der Waals surface area contributed by atoms with Gasteiger partial charge in [-0.25, -0.2) is 4.79 Å². The first-order chi connectivity index (χ1) is 12.9. The fourth-order valence-electron chi connectivity index (χ4n) is 2.49. The fraction of sp³-hybridized carbons (Fsp3) is 0.263. The lowest BCUT2D eigenvalue weighted by Crippen LogP contribution is -2.30. The van der Waals surface area contributed by atoms with Gasteiger partial charge in [0.05, 0.1) is 15.6 Å². The number of rotatable bonds is 5. The summed E-state index contributed by atoms with van der Waals surface area (Å²) in [6.07, 6.45) is 0. The molecule has 27 heavy (non-hydrogen) atoms. The highest BCUT2D eigenvalue weighted by atomic mass is 35.5. The molecular weight excluding hydrogens is 393 g/mol. The predicted octanol–water partition coefficient (Wildman–Crippen LogP) is 3.58. The molecule has 0 saturated carbocycles. The zero-order valence-corrected chi connectivity index (χ0v) is 16.0. The number of hydrogen-bond donors (Lipinski definition) is 0. The molecule has 3 rings (SSSR count). The average Bonchev–Trinajstić information content (AvgIpc) is 2.67. The van der Waals surface area contributed by atoms with Crippen LogP contribution in [-0.2, 0) is 16.1 Å². The Balaban J connectivity index is 1.54. The van der Waals surface area contributed by atoms with Gasteiger partial charge in [-0.1, -0.05) is 29.3 Å². The molecule has 0 saturated heterocycles. The maximum absolute atomic E-state index is 12.2. The summed E-state index contributed by atoms with van der Waals surface area (Å²) in [5.41, 5.74) is 1.11. The average molecular weight is 410 g/mol. The summed E-state index contributed by atoms with van der Waals surface area (Å²) >= 11 is 11.7. The van der Waals surface area contributed by atoms with E-state index in [0.717, 1.165) is 5.56 Å². The summed E-state index contributed by atoms with van der Waals surface area (Å²) in [4.78, 5) is 25.7. The molecule has 0 aromatic heterocycles. The minimum absolute atomic E-state index is 0.228. The highest BCUT2D eigenvalue weighted by molar-refractivity contribution is 6.42. The van der Waals surface area contributed by atoms with Crippen LogP contribution in [0, 0.1) is 0 Å². The number of amides is 1. The molecule has 0 unspecified atom stereocenters. The summed E-state index contributed by atoms with van der Waals surface area (Å²) in [5.74, 6) is 0.369. The maximum Gasteiger partial charge on any atom is 0.338 e. The van der Waals surface area contributed by atoms with Crippen molar-refractivity contribution in [2.45, 2.75) is 6.54 Å². The van der Waals surface area contributed by atoms with Crippen LogP contribution in [0.4, 0.5) is 0 Å². The number of likely N-dealkylation sites (N-methyl/N-ethyl adjacent to an activating group) is 1. The van der Waals surface area contributed by atoms with Gasteiger partial charge in [0, 0.05) is 13.6 Å². The summed E-state index contributed by atoms with van der Waals surface area (Å²) in [6, 6.07) is 9.89. The Kier molecular flexibility index (Phi) is 6.08. The summed E-state index contributed by atoms with van der Waals surface area (Å²) in [7, 11) is 1.63. The van der Waals surface area contributed by atoms with E-state index in [-0.39, 0.29) is 23.1 Å². The van der Waals surface area contributed by atoms with Gasteiger partial charge in [0.25, 0.3) is 5.91 Å². The van der Waals surface area contributed by atoms with Crippen LogP contribution in [0.3, 0.4) is 0 Å². The van der Waals surface area contributed by atoms with Gasteiger partial charge in [-0.05, 0) is 35.9 Å². The van der Waals surface area contributed by atoms with Gasteiger partial charge in [-0.2, -0.15) is 0 Å². The van der Waals surface area contributed by atoms with Crippen LogP contribution < -0.4 is 9.47 Å². The Bertz CT molecular complexity index is 871. The van der Waals surface area contributed by atoms with Gasteiger partial charge >= 0.3 is 5.97 Å².